The summed E-state index contributed by atoms with van der Waals surface area (Å²) < 4.78 is 29.1. The highest BCUT2D eigenvalue weighted by Crippen LogP contribution is 2.46. The normalized spacial score (nSPS) is 11.8. The van der Waals surface area contributed by atoms with E-state index < -0.39 is 7.14 Å². The maximum absolute atomic E-state index is 15.3. The van der Waals surface area contributed by atoms with E-state index in [0.717, 1.165) is 59.6 Å². The number of nitrogens with zero attached hydrogens (tertiary/aromatic N) is 1. The molecule has 186 valence electrons. The lowest BCUT2D eigenvalue weighted by atomic mass is 9.95. The summed E-state index contributed by atoms with van der Waals surface area (Å²) in [7, 11) is -3.19. The lowest BCUT2D eigenvalue weighted by Gasteiger charge is -2.22. The summed E-state index contributed by atoms with van der Waals surface area (Å²) in [6.45, 7) is 0. The Bertz CT molecular complexity index is 1990. The van der Waals surface area contributed by atoms with Crippen molar-refractivity contribution in [2.45, 2.75) is 0 Å². The molecule has 0 aliphatic heterocycles. The van der Waals surface area contributed by atoms with Crippen LogP contribution in [0.2, 0.25) is 0 Å². The first-order valence-corrected chi connectivity index (χ1v) is 14.6. The second-order valence-electron chi connectivity index (χ2n) is 9.63. The van der Waals surface area contributed by atoms with Crippen LogP contribution in [0, 0.1) is 5.82 Å². The molecule has 0 saturated heterocycles. The van der Waals surface area contributed by atoms with Gasteiger partial charge in [0.2, 0.25) is 0 Å². The zero-order valence-corrected chi connectivity index (χ0v) is 21.9. The van der Waals surface area contributed by atoms with Crippen LogP contribution in [0.25, 0.3) is 43.7 Å². The molecule has 4 heteroatoms. The topological polar surface area (TPSA) is 30.0 Å². The quantitative estimate of drug-likeness (QED) is 0.173. The molecule has 0 bridgehead atoms. The van der Waals surface area contributed by atoms with Crippen molar-refractivity contribution in [2.75, 3.05) is 0 Å². The van der Waals surface area contributed by atoms with Crippen molar-refractivity contribution >= 4 is 55.5 Å². The van der Waals surface area contributed by atoms with E-state index in [0.29, 0.717) is 0 Å². The Labute approximate surface area is 225 Å². The van der Waals surface area contributed by atoms with Crippen LogP contribution in [0.3, 0.4) is 0 Å². The molecule has 7 rings (SSSR count). The molecule has 0 amide bonds. The highest BCUT2D eigenvalue weighted by molar-refractivity contribution is 7.85. The number of hydrogen-bond acceptors (Lipinski definition) is 2. The van der Waals surface area contributed by atoms with Gasteiger partial charge in [0.1, 0.15) is 5.82 Å². The fourth-order valence-corrected chi connectivity index (χ4v) is 8.47. The van der Waals surface area contributed by atoms with E-state index >= 15 is 4.57 Å². The standard InChI is InChI=1S/C35H23FNOP/c36-25-20-18-24(19-21-25)35-31-23-22-28-29(34(31)30-14-7-8-16-32(30)37-35)15-9-17-33(28)39(38,26-10-3-1-4-11-26)27-12-5-2-6-13-27/h1-23H. The maximum Gasteiger partial charge on any atom is 0.171 e. The first-order chi connectivity index (χ1) is 19.1. The Balaban J connectivity index is 1.61. The third-order valence-electron chi connectivity index (χ3n) is 7.40. The van der Waals surface area contributed by atoms with E-state index in [1.54, 1.807) is 12.1 Å². The Morgan fingerprint density at radius 1 is 0.513 bits per heavy atom. The van der Waals surface area contributed by atoms with Crippen LogP contribution >= 0.6 is 7.14 Å². The molecule has 0 aliphatic rings. The predicted molar refractivity (Wildman–Crippen MR) is 162 cm³/mol. The Morgan fingerprint density at radius 3 is 1.79 bits per heavy atom. The monoisotopic (exact) mass is 523 g/mol. The molecule has 7 aromatic rings. The van der Waals surface area contributed by atoms with Crippen molar-refractivity contribution in [3.63, 3.8) is 0 Å². The van der Waals surface area contributed by atoms with Gasteiger partial charge in [-0.2, -0.15) is 0 Å². The highest BCUT2D eigenvalue weighted by Gasteiger charge is 2.31. The minimum atomic E-state index is -3.19. The van der Waals surface area contributed by atoms with Gasteiger partial charge >= 0.3 is 0 Å². The van der Waals surface area contributed by atoms with E-state index in [2.05, 4.69) is 24.3 Å². The summed E-state index contributed by atoms with van der Waals surface area (Å²) >= 11 is 0. The van der Waals surface area contributed by atoms with Crippen molar-refractivity contribution in [2.24, 2.45) is 0 Å². The van der Waals surface area contributed by atoms with Crippen LogP contribution in [0.1, 0.15) is 0 Å². The van der Waals surface area contributed by atoms with Crippen LogP contribution in [-0.4, -0.2) is 4.98 Å². The van der Waals surface area contributed by atoms with Gasteiger partial charge in [0, 0.05) is 37.6 Å². The fourth-order valence-electron chi connectivity index (χ4n) is 5.60. The molecule has 0 spiro atoms. The zero-order valence-electron chi connectivity index (χ0n) is 21.0. The average Bonchev–Trinajstić information content (AvgIpc) is 3.01. The molecule has 39 heavy (non-hydrogen) atoms. The predicted octanol–water partition coefficient (Wildman–Crippen LogP) is 7.99. The summed E-state index contributed by atoms with van der Waals surface area (Å²) in [6.07, 6.45) is 0. The largest absolute Gasteiger partial charge is 0.309 e. The van der Waals surface area contributed by atoms with Gasteiger partial charge in [-0.25, -0.2) is 9.37 Å². The van der Waals surface area contributed by atoms with E-state index in [9.17, 15) is 4.39 Å². The highest BCUT2D eigenvalue weighted by atomic mass is 31.2. The van der Waals surface area contributed by atoms with Gasteiger partial charge in [-0.3, -0.25) is 0 Å². The van der Waals surface area contributed by atoms with Crippen molar-refractivity contribution < 1.29 is 8.96 Å². The van der Waals surface area contributed by atoms with Gasteiger partial charge < -0.3 is 4.57 Å². The van der Waals surface area contributed by atoms with Gasteiger partial charge in [0.25, 0.3) is 0 Å². The molecule has 1 heterocycles. The number of rotatable bonds is 4. The SMILES string of the molecule is O=P(c1ccccc1)(c1ccccc1)c1cccc2c1ccc1c(-c3ccc(F)cc3)nc3ccccc3c12. The van der Waals surface area contributed by atoms with Gasteiger partial charge in [0.05, 0.1) is 11.2 Å². The lowest BCUT2D eigenvalue weighted by Crippen LogP contribution is -2.25. The van der Waals surface area contributed by atoms with Crippen molar-refractivity contribution in [1.29, 1.82) is 0 Å². The molecule has 0 aliphatic carbocycles. The second-order valence-corrected chi connectivity index (χ2v) is 12.4. The molecule has 0 unspecified atom stereocenters. The van der Waals surface area contributed by atoms with Crippen molar-refractivity contribution in [3.8, 4) is 11.3 Å². The minimum Gasteiger partial charge on any atom is -0.309 e. The van der Waals surface area contributed by atoms with Gasteiger partial charge in [-0.1, -0.05) is 109 Å². The number of para-hydroxylation sites is 1. The minimum absolute atomic E-state index is 0.281. The van der Waals surface area contributed by atoms with Gasteiger partial charge in [0.15, 0.2) is 7.14 Å². The fraction of sp³-hybridized carbons (Fsp3) is 0. The average molecular weight is 524 g/mol. The molecule has 0 atom stereocenters. The first-order valence-electron chi connectivity index (χ1n) is 12.9. The van der Waals surface area contributed by atoms with Crippen LogP contribution in [0.4, 0.5) is 4.39 Å². The van der Waals surface area contributed by atoms with E-state index in [1.165, 1.54) is 12.1 Å². The van der Waals surface area contributed by atoms with Crippen LogP contribution in [0.15, 0.2) is 140 Å². The van der Waals surface area contributed by atoms with Crippen LogP contribution in [-0.2, 0) is 4.57 Å². The molecule has 0 radical (unpaired) electrons. The summed E-state index contributed by atoms with van der Waals surface area (Å²) in [5.41, 5.74) is 2.50. The van der Waals surface area contributed by atoms with Crippen molar-refractivity contribution in [3.05, 3.63) is 145 Å². The molecule has 0 fully saturated rings. The number of halogens is 1. The second kappa shape index (κ2) is 9.31. The smallest absolute Gasteiger partial charge is 0.171 e. The number of pyridine rings is 1. The zero-order chi connectivity index (χ0) is 26.4. The number of benzene rings is 6. The van der Waals surface area contributed by atoms with Crippen LogP contribution in [0.5, 0.6) is 0 Å². The van der Waals surface area contributed by atoms with E-state index in [4.69, 9.17) is 4.98 Å². The molecule has 2 nitrogen and oxygen atoms in total. The summed E-state index contributed by atoms with van der Waals surface area (Å²) in [6, 6.07) is 44.3. The first kappa shape index (κ1) is 23.5. The third kappa shape index (κ3) is 3.78. The molecular formula is C35H23FNOP. The summed E-state index contributed by atoms with van der Waals surface area (Å²) in [5.74, 6) is -0.281. The molecule has 0 N–H and O–H groups in total. The van der Waals surface area contributed by atoms with Crippen molar-refractivity contribution in [1.82, 2.24) is 4.98 Å². The Morgan fingerprint density at radius 2 is 1.10 bits per heavy atom. The molecule has 0 saturated carbocycles. The molecule has 6 aromatic carbocycles. The number of aromatic nitrogens is 1. The Hall–Kier alpha value is -4.59. The summed E-state index contributed by atoms with van der Waals surface area (Å²) in [5, 5.41) is 7.41. The lowest BCUT2D eigenvalue weighted by molar-refractivity contribution is 0.592. The number of fused-ring (bicyclic) bond motifs is 5. The van der Waals surface area contributed by atoms with Crippen LogP contribution < -0.4 is 15.9 Å². The number of hydrogen-bond donors (Lipinski definition) is 0. The maximum atomic E-state index is 15.3. The summed E-state index contributed by atoms with van der Waals surface area (Å²) in [4.78, 5) is 5.00. The van der Waals surface area contributed by atoms with Gasteiger partial charge in [-0.05, 0) is 41.1 Å². The van der Waals surface area contributed by atoms with Gasteiger partial charge in [-0.15, -0.1) is 0 Å². The van der Waals surface area contributed by atoms with E-state index in [-0.39, 0.29) is 5.82 Å². The third-order valence-corrected chi connectivity index (χ3v) is 10.5. The Kier molecular flexibility index (Phi) is 5.61. The molecule has 1 aromatic heterocycles. The molecular weight excluding hydrogens is 500 g/mol. The van der Waals surface area contributed by atoms with E-state index in [1.807, 2.05) is 91.0 Å².